The van der Waals surface area contributed by atoms with Gasteiger partial charge in [-0.25, -0.2) is 4.52 Å². The Morgan fingerprint density at radius 1 is 1.19 bits per heavy atom. The second-order valence-electron chi connectivity index (χ2n) is 6.78. The first-order chi connectivity index (χ1) is 12.6. The van der Waals surface area contributed by atoms with Crippen molar-refractivity contribution < 1.29 is 9.53 Å². The second-order valence-corrected chi connectivity index (χ2v) is 6.78. The smallest absolute Gasteiger partial charge is 0.258 e. The van der Waals surface area contributed by atoms with Crippen molar-refractivity contribution in [3.63, 3.8) is 0 Å². The van der Waals surface area contributed by atoms with Crippen LogP contribution in [-0.2, 0) is 13.0 Å². The molecule has 1 aliphatic rings. The fraction of sp³-hybridized carbons (Fsp3) is 0.300. The molecule has 26 heavy (non-hydrogen) atoms. The van der Waals surface area contributed by atoms with E-state index in [0.717, 1.165) is 24.2 Å². The standard InChI is InChI=1S/C20H22N4O2/c1-22(2)16-5-4-14-8-9-23(12-15(14)10-16)20(25)18-11-21-24-13-17(26-3)6-7-19(18)24/h4-7,10-11,13H,8-9,12H2,1-3H3. The first kappa shape index (κ1) is 16.4. The first-order valence-corrected chi connectivity index (χ1v) is 8.66. The highest BCUT2D eigenvalue weighted by Crippen LogP contribution is 2.26. The van der Waals surface area contributed by atoms with Gasteiger partial charge in [0.25, 0.3) is 5.91 Å². The number of aromatic nitrogens is 2. The Kier molecular flexibility index (Phi) is 4.03. The quantitative estimate of drug-likeness (QED) is 0.729. The number of pyridine rings is 1. The summed E-state index contributed by atoms with van der Waals surface area (Å²) in [5.74, 6) is 0.730. The molecule has 1 aliphatic heterocycles. The van der Waals surface area contributed by atoms with Crippen LogP contribution in [0.25, 0.3) is 5.52 Å². The molecule has 0 saturated carbocycles. The van der Waals surface area contributed by atoms with Gasteiger partial charge in [-0.3, -0.25) is 4.79 Å². The van der Waals surface area contributed by atoms with E-state index in [0.29, 0.717) is 17.9 Å². The minimum absolute atomic E-state index is 0.0195. The molecule has 0 fully saturated rings. The number of methoxy groups -OCH3 is 1. The van der Waals surface area contributed by atoms with E-state index in [1.54, 1.807) is 24.0 Å². The van der Waals surface area contributed by atoms with Crippen LogP contribution in [0.2, 0.25) is 0 Å². The molecule has 0 radical (unpaired) electrons. The van der Waals surface area contributed by atoms with E-state index in [2.05, 4.69) is 28.2 Å². The minimum atomic E-state index is 0.0195. The normalized spacial score (nSPS) is 13.6. The maximum atomic E-state index is 13.1. The lowest BCUT2D eigenvalue weighted by Crippen LogP contribution is -2.36. The van der Waals surface area contributed by atoms with E-state index < -0.39 is 0 Å². The summed E-state index contributed by atoms with van der Waals surface area (Å²) in [5.41, 5.74) is 5.11. The zero-order chi connectivity index (χ0) is 18.3. The summed E-state index contributed by atoms with van der Waals surface area (Å²) < 4.78 is 6.91. The van der Waals surface area contributed by atoms with Crippen LogP contribution in [-0.4, -0.2) is 48.2 Å². The van der Waals surface area contributed by atoms with Crippen molar-refractivity contribution in [2.75, 3.05) is 32.6 Å². The minimum Gasteiger partial charge on any atom is -0.495 e. The van der Waals surface area contributed by atoms with Crippen LogP contribution < -0.4 is 9.64 Å². The number of benzene rings is 1. The number of carbonyl (C=O) groups excluding carboxylic acids is 1. The van der Waals surface area contributed by atoms with Gasteiger partial charge in [-0.1, -0.05) is 6.07 Å². The van der Waals surface area contributed by atoms with Crippen LogP contribution in [0.5, 0.6) is 5.75 Å². The predicted octanol–water partition coefficient (Wildman–Crippen LogP) is 2.61. The molecule has 0 bridgehead atoms. The van der Waals surface area contributed by atoms with E-state index in [9.17, 15) is 4.79 Å². The molecule has 6 nitrogen and oxygen atoms in total. The molecule has 1 aromatic carbocycles. The largest absolute Gasteiger partial charge is 0.495 e. The van der Waals surface area contributed by atoms with Gasteiger partial charge in [0, 0.05) is 32.9 Å². The number of fused-ring (bicyclic) bond motifs is 2. The molecular formula is C20H22N4O2. The molecule has 0 N–H and O–H groups in total. The third-order valence-corrected chi connectivity index (χ3v) is 4.96. The Morgan fingerprint density at radius 2 is 2.04 bits per heavy atom. The van der Waals surface area contributed by atoms with Crippen LogP contribution in [0, 0.1) is 0 Å². The zero-order valence-corrected chi connectivity index (χ0v) is 15.3. The molecule has 0 aliphatic carbocycles. The summed E-state index contributed by atoms with van der Waals surface area (Å²) in [5, 5.41) is 4.31. The van der Waals surface area contributed by atoms with Crippen LogP contribution in [0.3, 0.4) is 0 Å². The number of hydrogen-bond acceptors (Lipinski definition) is 4. The van der Waals surface area contributed by atoms with Gasteiger partial charge >= 0.3 is 0 Å². The Labute approximate surface area is 152 Å². The molecule has 1 amide bonds. The Morgan fingerprint density at radius 3 is 2.81 bits per heavy atom. The lowest BCUT2D eigenvalue weighted by molar-refractivity contribution is 0.0736. The summed E-state index contributed by atoms with van der Waals surface area (Å²) in [6, 6.07) is 10.2. The van der Waals surface area contributed by atoms with E-state index in [1.807, 2.05) is 31.1 Å². The molecule has 4 rings (SSSR count). The van der Waals surface area contributed by atoms with Crippen LogP contribution >= 0.6 is 0 Å². The van der Waals surface area contributed by atoms with Crippen molar-refractivity contribution in [2.24, 2.45) is 0 Å². The molecule has 0 spiro atoms. The summed E-state index contributed by atoms with van der Waals surface area (Å²) >= 11 is 0. The Bertz CT molecular complexity index is 977. The van der Waals surface area contributed by atoms with Gasteiger partial charge < -0.3 is 14.5 Å². The van der Waals surface area contributed by atoms with Crippen LogP contribution in [0.1, 0.15) is 21.5 Å². The number of rotatable bonds is 3. The zero-order valence-electron chi connectivity index (χ0n) is 15.3. The summed E-state index contributed by atoms with van der Waals surface area (Å²) in [4.78, 5) is 17.1. The molecular weight excluding hydrogens is 328 g/mol. The van der Waals surface area contributed by atoms with E-state index in [1.165, 1.54) is 11.1 Å². The van der Waals surface area contributed by atoms with Gasteiger partial charge in [-0.15, -0.1) is 0 Å². The van der Waals surface area contributed by atoms with Crippen LogP contribution in [0.4, 0.5) is 5.69 Å². The van der Waals surface area contributed by atoms with Crippen molar-refractivity contribution in [1.29, 1.82) is 0 Å². The molecule has 0 saturated heterocycles. The molecule has 3 heterocycles. The monoisotopic (exact) mass is 350 g/mol. The van der Waals surface area contributed by atoms with Crippen LogP contribution in [0.15, 0.2) is 42.7 Å². The average Bonchev–Trinajstić information content (AvgIpc) is 3.09. The van der Waals surface area contributed by atoms with Gasteiger partial charge in [0.05, 0.1) is 30.6 Å². The van der Waals surface area contributed by atoms with Gasteiger partial charge in [0.2, 0.25) is 0 Å². The van der Waals surface area contributed by atoms with E-state index >= 15 is 0 Å². The first-order valence-electron chi connectivity index (χ1n) is 8.66. The third-order valence-electron chi connectivity index (χ3n) is 4.96. The SMILES string of the molecule is COc1ccc2c(C(=O)N3CCc4ccc(N(C)C)cc4C3)cnn2c1. The highest BCUT2D eigenvalue weighted by Gasteiger charge is 2.24. The van der Waals surface area contributed by atoms with Gasteiger partial charge in [-0.05, 0) is 41.8 Å². The number of amides is 1. The van der Waals surface area contributed by atoms with E-state index in [-0.39, 0.29) is 5.91 Å². The summed E-state index contributed by atoms with van der Waals surface area (Å²) in [7, 11) is 5.67. The number of carbonyl (C=O) groups is 1. The fourth-order valence-corrected chi connectivity index (χ4v) is 3.42. The van der Waals surface area contributed by atoms with Crippen molar-refractivity contribution in [1.82, 2.24) is 14.5 Å². The molecule has 2 aromatic heterocycles. The van der Waals surface area contributed by atoms with Gasteiger partial charge in [0.1, 0.15) is 5.75 Å². The third kappa shape index (κ3) is 2.77. The number of anilines is 1. The van der Waals surface area contributed by atoms with E-state index in [4.69, 9.17) is 4.74 Å². The molecule has 134 valence electrons. The summed E-state index contributed by atoms with van der Waals surface area (Å²) in [6.07, 6.45) is 4.30. The maximum absolute atomic E-state index is 13.1. The lowest BCUT2D eigenvalue weighted by Gasteiger charge is -2.29. The Balaban J connectivity index is 1.62. The average molecular weight is 350 g/mol. The lowest BCUT2D eigenvalue weighted by atomic mass is 9.98. The van der Waals surface area contributed by atoms with Crippen molar-refractivity contribution in [3.8, 4) is 5.75 Å². The maximum Gasteiger partial charge on any atom is 0.258 e. The molecule has 0 unspecified atom stereocenters. The van der Waals surface area contributed by atoms with Gasteiger partial charge in [0.15, 0.2) is 0 Å². The van der Waals surface area contributed by atoms with Crippen molar-refractivity contribution >= 4 is 17.1 Å². The fourth-order valence-electron chi connectivity index (χ4n) is 3.42. The van der Waals surface area contributed by atoms with Crippen molar-refractivity contribution in [2.45, 2.75) is 13.0 Å². The molecule has 0 atom stereocenters. The van der Waals surface area contributed by atoms with Gasteiger partial charge in [-0.2, -0.15) is 5.10 Å². The van der Waals surface area contributed by atoms with Crippen molar-refractivity contribution in [3.05, 3.63) is 59.4 Å². The predicted molar refractivity (Wildman–Crippen MR) is 101 cm³/mol. The second kappa shape index (κ2) is 6.37. The Hall–Kier alpha value is -3.02. The molecule has 3 aromatic rings. The number of hydrogen-bond donors (Lipinski definition) is 0. The highest BCUT2D eigenvalue weighted by atomic mass is 16.5. The number of nitrogens with zero attached hydrogens (tertiary/aromatic N) is 4. The summed E-state index contributed by atoms with van der Waals surface area (Å²) in [6.45, 7) is 1.35. The highest BCUT2D eigenvalue weighted by molar-refractivity contribution is 6.00. The number of ether oxygens (including phenoxy) is 1. The topological polar surface area (TPSA) is 50.1 Å². The molecule has 6 heteroatoms.